The van der Waals surface area contributed by atoms with Crippen molar-refractivity contribution >= 4 is 5.91 Å². The lowest BCUT2D eigenvalue weighted by molar-refractivity contribution is -0.137. The van der Waals surface area contributed by atoms with Crippen molar-refractivity contribution in [2.24, 2.45) is 5.92 Å². The summed E-state index contributed by atoms with van der Waals surface area (Å²) in [6, 6.07) is 6.23. The Morgan fingerprint density at radius 1 is 1.15 bits per heavy atom. The predicted octanol–water partition coefficient (Wildman–Crippen LogP) is 1.64. The molecule has 0 bridgehead atoms. The monoisotopic (exact) mass is 358 g/mol. The van der Waals surface area contributed by atoms with Crippen molar-refractivity contribution in [2.75, 3.05) is 26.2 Å². The molecule has 1 saturated carbocycles. The Morgan fingerprint density at radius 3 is 2.65 bits per heavy atom. The minimum Gasteiger partial charge on any atom is -0.340 e. The van der Waals surface area contributed by atoms with Crippen LogP contribution in [0.5, 0.6) is 0 Å². The molecule has 1 aromatic heterocycles. The maximum Gasteiger partial charge on any atom is 0.225 e. The lowest BCUT2D eigenvalue weighted by atomic mass is 10.1. The van der Waals surface area contributed by atoms with E-state index >= 15 is 0 Å². The molecule has 2 aliphatic rings. The number of halogens is 1. The first-order valence-electron chi connectivity index (χ1n) is 9.25. The molecule has 7 nitrogen and oxygen atoms in total. The van der Waals surface area contributed by atoms with Crippen LogP contribution in [0.2, 0.25) is 0 Å². The second-order valence-electron chi connectivity index (χ2n) is 7.07. The van der Waals surface area contributed by atoms with E-state index in [0.29, 0.717) is 24.0 Å². The van der Waals surface area contributed by atoms with Crippen LogP contribution in [-0.4, -0.2) is 62.1 Å². The lowest BCUT2D eigenvalue weighted by Crippen LogP contribution is -2.49. The van der Waals surface area contributed by atoms with Gasteiger partial charge in [0.25, 0.3) is 0 Å². The maximum absolute atomic E-state index is 13.5. The van der Waals surface area contributed by atoms with Gasteiger partial charge in [-0.05, 0) is 41.5 Å². The summed E-state index contributed by atoms with van der Waals surface area (Å²) in [5.74, 6) is 0.919. The second-order valence-corrected chi connectivity index (χ2v) is 7.07. The van der Waals surface area contributed by atoms with Gasteiger partial charge in [-0.15, -0.1) is 5.10 Å². The Labute approximate surface area is 151 Å². The van der Waals surface area contributed by atoms with Crippen LogP contribution in [0.15, 0.2) is 24.3 Å². The summed E-state index contributed by atoms with van der Waals surface area (Å²) >= 11 is 0. The molecule has 2 aromatic rings. The topological polar surface area (TPSA) is 67.2 Å². The molecule has 0 radical (unpaired) electrons. The van der Waals surface area contributed by atoms with E-state index in [1.807, 2.05) is 4.90 Å². The van der Waals surface area contributed by atoms with E-state index in [1.54, 1.807) is 16.8 Å². The Balaban J connectivity index is 1.37. The molecule has 1 aliphatic carbocycles. The van der Waals surface area contributed by atoms with Gasteiger partial charge >= 0.3 is 0 Å². The van der Waals surface area contributed by atoms with Crippen LogP contribution in [0, 0.1) is 11.7 Å². The van der Waals surface area contributed by atoms with Gasteiger partial charge in [0.1, 0.15) is 5.82 Å². The highest BCUT2D eigenvalue weighted by molar-refractivity contribution is 5.79. The zero-order valence-electron chi connectivity index (χ0n) is 14.7. The lowest BCUT2D eigenvalue weighted by Gasteiger charge is -2.35. The SMILES string of the molecule is O=C(C1CCCC1)N1CCN(Cc2nnnn2-c2cccc(F)c2)CC1. The number of nitrogens with zero attached hydrogens (tertiary/aromatic N) is 6. The molecular formula is C18H23FN6O. The van der Waals surface area contributed by atoms with Crippen LogP contribution in [-0.2, 0) is 11.3 Å². The van der Waals surface area contributed by atoms with Crippen molar-refractivity contribution in [2.45, 2.75) is 32.2 Å². The van der Waals surface area contributed by atoms with E-state index in [4.69, 9.17) is 0 Å². The quantitative estimate of drug-likeness (QED) is 0.831. The van der Waals surface area contributed by atoms with Crippen molar-refractivity contribution in [1.82, 2.24) is 30.0 Å². The molecule has 1 saturated heterocycles. The fraction of sp³-hybridized carbons (Fsp3) is 0.556. The van der Waals surface area contributed by atoms with Gasteiger partial charge in [-0.25, -0.2) is 4.39 Å². The molecule has 0 unspecified atom stereocenters. The van der Waals surface area contributed by atoms with E-state index < -0.39 is 0 Å². The summed E-state index contributed by atoms with van der Waals surface area (Å²) in [7, 11) is 0. The van der Waals surface area contributed by atoms with E-state index in [-0.39, 0.29) is 11.7 Å². The zero-order valence-corrected chi connectivity index (χ0v) is 14.7. The number of carbonyl (C=O) groups is 1. The smallest absolute Gasteiger partial charge is 0.225 e. The number of amides is 1. The minimum absolute atomic E-state index is 0.238. The van der Waals surface area contributed by atoms with Crippen molar-refractivity contribution in [3.8, 4) is 5.69 Å². The number of tetrazole rings is 1. The highest BCUT2D eigenvalue weighted by Gasteiger charge is 2.29. The largest absolute Gasteiger partial charge is 0.340 e. The van der Waals surface area contributed by atoms with Gasteiger partial charge in [-0.1, -0.05) is 18.9 Å². The van der Waals surface area contributed by atoms with Crippen molar-refractivity contribution in [3.63, 3.8) is 0 Å². The van der Waals surface area contributed by atoms with Crippen molar-refractivity contribution in [1.29, 1.82) is 0 Å². The number of benzene rings is 1. The van der Waals surface area contributed by atoms with Crippen LogP contribution in [0.3, 0.4) is 0 Å². The summed E-state index contributed by atoms with van der Waals surface area (Å²) < 4.78 is 15.0. The number of hydrogen-bond donors (Lipinski definition) is 0. The van der Waals surface area contributed by atoms with Gasteiger partial charge in [0, 0.05) is 32.1 Å². The van der Waals surface area contributed by atoms with Crippen LogP contribution in [0.1, 0.15) is 31.5 Å². The van der Waals surface area contributed by atoms with E-state index in [9.17, 15) is 9.18 Å². The van der Waals surface area contributed by atoms with Crippen LogP contribution in [0.4, 0.5) is 4.39 Å². The van der Waals surface area contributed by atoms with Crippen LogP contribution in [0.25, 0.3) is 5.69 Å². The minimum atomic E-state index is -0.317. The molecule has 0 spiro atoms. The molecule has 8 heteroatoms. The molecule has 4 rings (SSSR count). The number of hydrogen-bond acceptors (Lipinski definition) is 5. The summed E-state index contributed by atoms with van der Waals surface area (Å²) in [6.07, 6.45) is 4.45. The Morgan fingerprint density at radius 2 is 1.92 bits per heavy atom. The van der Waals surface area contributed by atoms with Gasteiger partial charge in [0.2, 0.25) is 5.91 Å². The highest BCUT2D eigenvalue weighted by Crippen LogP contribution is 2.27. The van der Waals surface area contributed by atoms with Gasteiger partial charge < -0.3 is 4.90 Å². The Bertz CT molecular complexity index is 765. The standard InChI is InChI=1S/C18H23FN6O/c19-15-6-3-7-16(12-15)25-17(20-21-22-25)13-23-8-10-24(11-9-23)18(26)14-4-1-2-5-14/h3,6-7,12,14H,1-2,4-5,8-11,13H2. The summed E-state index contributed by atoms with van der Waals surface area (Å²) in [5.41, 5.74) is 0.611. The highest BCUT2D eigenvalue weighted by atomic mass is 19.1. The Kier molecular flexibility index (Phi) is 4.92. The van der Waals surface area contributed by atoms with Crippen molar-refractivity contribution in [3.05, 3.63) is 35.9 Å². The number of aromatic nitrogens is 4. The van der Waals surface area contributed by atoms with Crippen molar-refractivity contribution < 1.29 is 9.18 Å². The molecule has 1 aliphatic heterocycles. The molecule has 2 fully saturated rings. The van der Waals surface area contributed by atoms with Gasteiger partial charge in [0.05, 0.1) is 12.2 Å². The number of rotatable bonds is 4. The summed E-state index contributed by atoms with van der Waals surface area (Å²) in [4.78, 5) is 16.8. The molecule has 26 heavy (non-hydrogen) atoms. The molecule has 1 amide bonds. The third-order valence-corrected chi connectivity index (χ3v) is 5.34. The maximum atomic E-state index is 13.5. The number of piperazine rings is 1. The number of carbonyl (C=O) groups excluding carboxylic acids is 1. The van der Waals surface area contributed by atoms with E-state index in [0.717, 1.165) is 39.0 Å². The average Bonchev–Trinajstić information content (AvgIpc) is 3.34. The fourth-order valence-corrected chi connectivity index (χ4v) is 3.87. The average molecular weight is 358 g/mol. The Hall–Kier alpha value is -2.35. The summed E-state index contributed by atoms with van der Waals surface area (Å²) in [5, 5.41) is 11.8. The third-order valence-electron chi connectivity index (χ3n) is 5.34. The zero-order chi connectivity index (χ0) is 17.9. The van der Waals surface area contributed by atoms with Gasteiger partial charge in [-0.2, -0.15) is 4.68 Å². The van der Waals surface area contributed by atoms with E-state index in [1.165, 1.54) is 25.0 Å². The first-order valence-corrected chi connectivity index (χ1v) is 9.25. The molecule has 0 atom stereocenters. The fourth-order valence-electron chi connectivity index (χ4n) is 3.87. The van der Waals surface area contributed by atoms with Crippen LogP contribution >= 0.6 is 0 Å². The first kappa shape index (κ1) is 17.1. The van der Waals surface area contributed by atoms with Gasteiger partial charge in [-0.3, -0.25) is 9.69 Å². The van der Waals surface area contributed by atoms with Crippen LogP contribution < -0.4 is 0 Å². The molecule has 2 heterocycles. The normalized spacial score (nSPS) is 19.2. The van der Waals surface area contributed by atoms with E-state index in [2.05, 4.69) is 20.4 Å². The predicted molar refractivity (Wildman–Crippen MR) is 92.9 cm³/mol. The third kappa shape index (κ3) is 3.60. The van der Waals surface area contributed by atoms with Gasteiger partial charge in [0.15, 0.2) is 5.82 Å². The first-order chi connectivity index (χ1) is 12.7. The molecule has 0 N–H and O–H groups in total. The second kappa shape index (κ2) is 7.49. The summed E-state index contributed by atoms with van der Waals surface area (Å²) in [6.45, 7) is 3.67. The molecule has 138 valence electrons. The molecule has 1 aromatic carbocycles. The molecular weight excluding hydrogens is 335 g/mol.